The maximum absolute atomic E-state index is 5.97. The van der Waals surface area contributed by atoms with Gasteiger partial charge in [0.25, 0.3) is 0 Å². The lowest BCUT2D eigenvalue weighted by molar-refractivity contribution is 0.203. The number of nitrogens with zero attached hydrogens (tertiary/aromatic N) is 2. The fraction of sp³-hybridized carbons (Fsp3) is 0.333. The average Bonchev–Trinajstić information content (AvgIpc) is 2.83. The van der Waals surface area contributed by atoms with Crippen molar-refractivity contribution >= 4 is 23.2 Å². The summed E-state index contributed by atoms with van der Waals surface area (Å²) in [5, 5.41) is 4.70. The van der Waals surface area contributed by atoms with Gasteiger partial charge in [-0.3, -0.25) is 4.52 Å². The Kier molecular flexibility index (Phi) is 4.87. The molecular formula is C12H12Cl2N2O3. The summed E-state index contributed by atoms with van der Waals surface area (Å²) in [5.41, 5.74) is 0. The largest absolute Gasteiger partial charge is 0.484 e. The minimum atomic E-state index is 0.139. The van der Waals surface area contributed by atoms with Crippen LogP contribution < -0.4 is 9.47 Å². The summed E-state index contributed by atoms with van der Waals surface area (Å²) in [6.45, 7) is 2.66. The van der Waals surface area contributed by atoms with Gasteiger partial charge in [0.1, 0.15) is 5.75 Å². The monoisotopic (exact) mass is 302 g/mol. The molecule has 0 atom stereocenters. The molecule has 2 rings (SSSR count). The Morgan fingerprint density at radius 3 is 2.84 bits per heavy atom. The average molecular weight is 303 g/mol. The molecule has 0 saturated heterocycles. The molecule has 0 fully saturated rings. The van der Waals surface area contributed by atoms with E-state index in [-0.39, 0.29) is 12.7 Å². The Labute approximate surface area is 120 Å². The summed E-state index contributed by atoms with van der Waals surface area (Å²) in [7, 11) is 0. The highest BCUT2D eigenvalue weighted by atomic mass is 35.5. The second kappa shape index (κ2) is 6.63. The molecule has 0 amide bonds. The van der Waals surface area contributed by atoms with Crippen molar-refractivity contribution in [2.45, 2.75) is 20.0 Å². The first kappa shape index (κ1) is 14.0. The second-order valence-corrected chi connectivity index (χ2v) is 4.53. The van der Waals surface area contributed by atoms with E-state index < -0.39 is 0 Å². The molecule has 1 aromatic carbocycles. The summed E-state index contributed by atoms with van der Waals surface area (Å²) in [6, 6.07) is 4.97. The van der Waals surface area contributed by atoms with Crippen LogP contribution in [0.1, 0.15) is 19.2 Å². The molecule has 0 saturated carbocycles. The molecule has 0 radical (unpaired) electrons. The molecule has 0 aliphatic rings. The first-order valence-electron chi connectivity index (χ1n) is 5.72. The van der Waals surface area contributed by atoms with E-state index in [9.17, 15) is 0 Å². The molecule has 102 valence electrons. The van der Waals surface area contributed by atoms with E-state index >= 15 is 0 Å². The fourth-order valence-corrected chi connectivity index (χ4v) is 1.74. The Morgan fingerprint density at radius 2 is 2.11 bits per heavy atom. The minimum Gasteiger partial charge on any atom is -0.484 e. The van der Waals surface area contributed by atoms with Gasteiger partial charge in [0.2, 0.25) is 5.82 Å². The zero-order chi connectivity index (χ0) is 13.7. The van der Waals surface area contributed by atoms with Crippen LogP contribution in [0.25, 0.3) is 0 Å². The van der Waals surface area contributed by atoms with E-state index in [1.165, 1.54) is 0 Å². The van der Waals surface area contributed by atoms with E-state index in [2.05, 4.69) is 10.1 Å². The van der Waals surface area contributed by atoms with Crippen molar-refractivity contribution in [2.24, 2.45) is 0 Å². The van der Waals surface area contributed by atoms with Crippen LogP contribution in [0.3, 0.4) is 0 Å². The smallest absolute Gasteiger partial charge is 0.417 e. The molecule has 0 unspecified atom stereocenters. The molecule has 0 N–H and O–H groups in total. The summed E-state index contributed by atoms with van der Waals surface area (Å²) in [5.74, 6) is 0.893. The number of hydrogen-bond acceptors (Lipinski definition) is 5. The number of ether oxygens (including phenoxy) is 2. The Hall–Kier alpha value is -1.46. The zero-order valence-electron chi connectivity index (χ0n) is 10.2. The first-order chi connectivity index (χ1) is 9.19. The van der Waals surface area contributed by atoms with Gasteiger partial charge in [-0.1, -0.05) is 35.3 Å². The van der Waals surface area contributed by atoms with Crippen molar-refractivity contribution in [3.05, 3.63) is 34.1 Å². The van der Waals surface area contributed by atoms with Crippen LogP contribution in [0.15, 0.2) is 22.7 Å². The zero-order valence-corrected chi connectivity index (χ0v) is 11.7. The Morgan fingerprint density at radius 1 is 1.26 bits per heavy atom. The predicted octanol–water partition coefficient (Wildman–Crippen LogP) is 3.74. The standard InChI is InChI=1S/C12H12Cl2N2O3/c1-2-5-17-12-15-11(16-19-12)7-18-10-4-3-8(13)6-9(10)14/h3-4,6H,2,5,7H2,1H3. The number of benzene rings is 1. The van der Waals surface area contributed by atoms with Gasteiger partial charge < -0.3 is 9.47 Å². The highest BCUT2D eigenvalue weighted by Crippen LogP contribution is 2.28. The van der Waals surface area contributed by atoms with Crippen LogP contribution >= 0.6 is 23.2 Å². The van der Waals surface area contributed by atoms with Crippen LogP contribution in [0.2, 0.25) is 10.0 Å². The van der Waals surface area contributed by atoms with E-state index in [4.69, 9.17) is 37.2 Å². The van der Waals surface area contributed by atoms with Crippen LogP contribution in [-0.4, -0.2) is 16.7 Å². The first-order valence-corrected chi connectivity index (χ1v) is 6.48. The molecule has 0 spiro atoms. The van der Waals surface area contributed by atoms with Crippen molar-refractivity contribution in [1.82, 2.24) is 10.1 Å². The number of halogens is 2. The summed E-state index contributed by atoms with van der Waals surface area (Å²) in [6.07, 6.45) is 1.01. The number of hydrogen-bond donors (Lipinski definition) is 0. The van der Waals surface area contributed by atoms with E-state index in [1.807, 2.05) is 6.92 Å². The molecule has 0 aliphatic heterocycles. The molecule has 7 heteroatoms. The van der Waals surface area contributed by atoms with Crippen LogP contribution in [0.5, 0.6) is 11.8 Å². The molecule has 1 aromatic heterocycles. The third-order valence-corrected chi connectivity index (χ3v) is 2.66. The maximum atomic E-state index is 5.97. The van der Waals surface area contributed by atoms with Gasteiger partial charge in [-0.2, -0.15) is 4.98 Å². The predicted molar refractivity (Wildman–Crippen MR) is 70.9 cm³/mol. The Balaban J connectivity index is 1.92. The highest BCUT2D eigenvalue weighted by molar-refractivity contribution is 6.35. The lowest BCUT2D eigenvalue weighted by Crippen LogP contribution is -1.99. The third-order valence-electron chi connectivity index (χ3n) is 2.13. The van der Waals surface area contributed by atoms with Gasteiger partial charge in [0.15, 0.2) is 6.61 Å². The van der Waals surface area contributed by atoms with Crippen molar-refractivity contribution in [2.75, 3.05) is 6.61 Å². The molecule has 2 aromatic rings. The highest BCUT2D eigenvalue weighted by Gasteiger charge is 2.09. The SMILES string of the molecule is CCCOc1nc(COc2ccc(Cl)cc2Cl)no1. The fourth-order valence-electron chi connectivity index (χ4n) is 1.28. The topological polar surface area (TPSA) is 57.4 Å². The summed E-state index contributed by atoms with van der Waals surface area (Å²) < 4.78 is 15.5. The molecule has 0 bridgehead atoms. The van der Waals surface area contributed by atoms with E-state index in [0.717, 1.165) is 6.42 Å². The molecule has 0 aliphatic carbocycles. The van der Waals surface area contributed by atoms with Gasteiger partial charge in [-0.05, 0) is 24.6 Å². The van der Waals surface area contributed by atoms with Crippen molar-refractivity contribution < 1.29 is 14.0 Å². The molecule has 19 heavy (non-hydrogen) atoms. The van der Waals surface area contributed by atoms with Gasteiger partial charge in [-0.15, -0.1) is 0 Å². The quantitative estimate of drug-likeness (QED) is 0.813. The summed E-state index contributed by atoms with van der Waals surface area (Å²) >= 11 is 11.8. The molecule has 1 heterocycles. The lowest BCUT2D eigenvalue weighted by Gasteiger charge is -2.05. The normalized spacial score (nSPS) is 10.5. The molecular weight excluding hydrogens is 291 g/mol. The Bertz CT molecular complexity index is 546. The van der Waals surface area contributed by atoms with Crippen molar-refractivity contribution in [3.63, 3.8) is 0 Å². The van der Waals surface area contributed by atoms with Crippen LogP contribution in [0, 0.1) is 0 Å². The number of aromatic nitrogens is 2. The van der Waals surface area contributed by atoms with E-state index in [0.29, 0.717) is 28.2 Å². The maximum Gasteiger partial charge on any atom is 0.417 e. The number of rotatable bonds is 6. The van der Waals surface area contributed by atoms with Crippen LogP contribution in [0.4, 0.5) is 0 Å². The van der Waals surface area contributed by atoms with Gasteiger partial charge in [0.05, 0.1) is 11.6 Å². The summed E-state index contributed by atoms with van der Waals surface area (Å²) in [4.78, 5) is 4.02. The van der Waals surface area contributed by atoms with Gasteiger partial charge in [-0.25, -0.2) is 0 Å². The van der Waals surface area contributed by atoms with Crippen molar-refractivity contribution in [1.29, 1.82) is 0 Å². The van der Waals surface area contributed by atoms with Gasteiger partial charge >= 0.3 is 6.08 Å². The van der Waals surface area contributed by atoms with Gasteiger partial charge in [0, 0.05) is 5.02 Å². The van der Waals surface area contributed by atoms with Crippen molar-refractivity contribution in [3.8, 4) is 11.8 Å². The minimum absolute atomic E-state index is 0.139. The van der Waals surface area contributed by atoms with Crippen LogP contribution in [-0.2, 0) is 6.61 Å². The molecule has 5 nitrogen and oxygen atoms in total. The van der Waals surface area contributed by atoms with E-state index in [1.54, 1.807) is 18.2 Å². The second-order valence-electron chi connectivity index (χ2n) is 3.69. The lowest BCUT2D eigenvalue weighted by atomic mass is 10.3. The third kappa shape index (κ3) is 4.01.